The van der Waals surface area contributed by atoms with Crippen LogP contribution in [0.2, 0.25) is 0 Å². The van der Waals surface area contributed by atoms with Crippen molar-refractivity contribution in [3.8, 4) is 0 Å². The van der Waals surface area contributed by atoms with Crippen molar-refractivity contribution in [3.05, 3.63) is 28.2 Å². The summed E-state index contributed by atoms with van der Waals surface area (Å²) in [6.07, 6.45) is 7.66. The van der Waals surface area contributed by atoms with Gasteiger partial charge in [0, 0.05) is 17.0 Å². The first-order chi connectivity index (χ1) is 10.5. The molecular formula is C15H18N2O4S. The molecule has 0 spiro atoms. The number of nitrogens with one attached hydrogen (secondary N) is 1. The number of hydrogen-bond donors (Lipinski definition) is 3. The lowest BCUT2D eigenvalue weighted by molar-refractivity contribution is -0.131. The SMILES string of the molecule is NC(=O)c1c(NC(=O)C=CC(=O)O)sc2c1CCCCCC2. The number of aliphatic carboxylic acids is 1. The lowest BCUT2D eigenvalue weighted by Crippen LogP contribution is -2.17. The Morgan fingerprint density at radius 3 is 2.41 bits per heavy atom. The van der Waals surface area contributed by atoms with E-state index in [1.165, 1.54) is 11.3 Å². The summed E-state index contributed by atoms with van der Waals surface area (Å²) in [7, 11) is 0. The fraction of sp³-hybridized carbons (Fsp3) is 0.400. The number of rotatable bonds is 4. The van der Waals surface area contributed by atoms with E-state index in [0.717, 1.165) is 61.1 Å². The lowest BCUT2D eigenvalue weighted by Gasteiger charge is -2.10. The molecule has 1 heterocycles. The predicted molar refractivity (Wildman–Crippen MR) is 84.1 cm³/mol. The van der Waals surface area contributed by atoms with E-state index in [9.17, 15) is 14.4 Å². The summed E-state index contributed by atoms with van der Waals surface area (Å²) in [5.41, 5.74) is 6.79. The second-order valence-corrected chi connectivity index (χ2v) is 6.25. The van der Waals surface area contributed by atoms with Crippen LogP contribution in [0.1, 0.15) is 46.5 Å². The monoisotopic (exact) mass is 322 g/mol. The summed E-state index contributed by atoms with van der Waals surface area (Å²) >= 11 is 1.36. The zero-order chi connectivity index (χ0) is 16.1. The number of carboxylic acids is 1. The van der Waals surface area contributed by atoms with E-state index < -0.39 is 17.8 Å². The van der Waals surface area contributed by atoms with Crippen LogP contribution in [0.25, 0.3) is 0 Å². The fourth-order valence-corrected chi connectivity index (χ4v) is 3.87. The number of anilines is 1. The maximum absolute atomic E-state index is 11.8. The van der Waals surface area contributed by atoms with Crippen LogP contribution in [0.5, 0.6) is 0 Å². The molecule has 1 aliphatic rings. The normalized spacial score (nSPS) is 14.9. The molecule has 0 aliphatic heterocycles. The van der Waals surface area contributed by atoms with Crippen LogP contribution in [0.3, 0.4) is 0 Å². The Balaban J connectivity index is 2.30. The van der Waals surface area contributed by atoms with Crippen molar-refractivity contribution >= 4 is 34.1 Å². The zero-order valence-corrected chi connectivity index (χ0v) is 12.9. The van der Waals surface area contributed by atoms with E-state index >= 15 is 0 Å². The van der Waals surface area contributed by atoms with Crippen molar-refractivity contribution in [2.45, 2.75) is 38.5 Å². The molecule has 0 aromatic carbocycles. The Morgan fingerprint density at radius 1 is 1.09 bits per heavy atom. The van der Waals surface area contributed by atoms with E-state index in [1.807, 2.05) is 0 Å². The van der Waals surface area contributed by atoms with Crippen LogP contribution < -0.4 is 11.1 Å². The highest BCUT2D eigenvalue weighted by molar-refractivity contribution is 7.17. The molecule has 6 nitrogen and oxygen atoms in total. The Bertz CT molecular complexity index is 634. The molecule has 22 heavy (non-hydrogen) atoms. The molecule has 1 aromatic heterocycles. The van der Waals surface area contributed by atoms with Gasteiger partial charge in [-0.15, -0.1) is 11.3 Å². The van der Waals surface area contributed by atoms with Crippen molar-refractivity contribution in [3.63, 3.8) is 0 Å². The number of amides is 2. The van der Waals surface area contributed by atoms with Crippen molar-refractivity contribution < 1.29 is 19.5 Å². The summed E-state index contributed by atoms with van der Waals surface area (Å²) in [5, 5.41) is 11.5. The average Bonchev–Trinajstić information content (AvgIpc) is 2.73. The minimum absolute atomic E-state index is 0.374. The maximum atomic E-state index is 11.8. The Hall–Kier alpha value is -2.15. The number of carbonyl (C=O) groups excluding carboxylic acids is 2. The molecule has 0 fully saturated rings. The van der Waals surface area contributed by atoms with Crippen molar-refractivity contribution in [2.24, 2.45) is 5.73 Å². The van der Waals surface area contributed by atoms with Gasteiger partial charge in [0.1, 0.15) is 5.00 Å². The number of nitrogens with two attached hydrogens (primary N) is 1. The van der Waals surface area contributed by atoms with E-state index in [1.54, 1.807) is 0 Å². The van der Waals surface area contributed by atoms with Crippen LogP contribution >= 0.6 is 11.3 Å². The first kappa shape index (κ1) is 16.2. The van der Waals surface area contributed by atoms with Gasteiger partial charge in [0.05, 0.1) is 5.56 Å². The number of carbonyl (C=O) groups is 3. The van der Waals surface area contributed by atoms with Gasteiger partial charge >= 0.3 is 5.97 Å². The highest BCUT2D eigenvalue weighted by Crippen LogP contribution is 2.36. The largest absolute Gasteiger partial charge is 0.478 e. The molecule has 1 aromatic rings. The number of carboxylic acid groups (broad SMARTS) is 1. The number of thiophene rings is 1. The molecule has 0 bridgehead atoms. The third-order valence-corrected chi connectivity index (χ3v) is 4.74. The molecule has 1 aliphatic carbocycles. The second-order valence-electron chi connectivity index (χ2n) is 5.15. The van der Waals surface area contributed by atoms with Gasteiger partial charge < -0.3 is 16.2 Å². The molecule has 0 unspecified atom stereocenters. The maximum Gasteiger partial charge on any atom is 0.328 e. The third kappa shape index (κ3) is 3.94. The molecule has 0 atom stereocenters. The Labute approximate surface area is 132 Å². The van der Waals surface area contributed by atoms with Gasteiger partial charge in [-0.1, -0.05) is 12.8 Å². The van der Waals surface area contributed by atoms with Gasteiger partial charge in [0.25, 0.3) is 5.91 Å². The quantitative estimate of drug-likeness (QED) is 0.737. The molecule has 0 radical (unpaired) electrons. The summed E-state index contributed by atoms with van der Waals surface area (Å²) in [5.74, 6) is -2.35. The van der Waals surface area contributed by atoms with Gasteiger partial charge in [0.2, 0.25) is 5.91 Å². The summed E-state index contributed by atoms with van der Waals surface area (Å²) < 4.78 is 0. The standard InChI is InChI=1S/C15H18N2O4S/c16-14(21)13-9-5-3-1-2-4-6-10(9)22-15(13)17-11(18)7-8-12(19)20/h7-8H,1-6H2,(H2,16,21)(H,17,18)(H,19,20). The summed E-state index contributed by atoms with van der Waals surface area (Å²) in [6.45, 7) is 0. The van der Waals surface area contributed by atoms with Crippen molar-refractivity contribution in [1.29, 1.82) is 0 Å². The minimum atomic E-state index is -1.20. The molecule has 4 N–H and O–H groups in total. The summed E-state index contributed by atoms with van der Waals surface area (Å²) in [4.78, 5) is 35.0. The summed E-state index contributed by atoms with van der Waals surface area (Å²) in [6, 6.07) is 0. The molecule has 7 heteroatoms. The van der Waals surface area contributed by atoms with Crippen molar-refractivity contribution in [2.75, 3.05) is 5.32 Å². The number of hydrogen-bond acceptors (Lipinski definition) is 4. The first-order valence-electron chi connectivity index (χ1n) is 7.15. The topological polar surface area (TPSA) is 109 Å². The van der Waals surface area contributed by atoms with Crippen LogP contribution in [0.4, 0.5) is 5.00 Å². The van der Waals surface area contributed by atoms with E-state index in [4.69, 9.17) is 10.8 Å². The highest BCUT2D eigenvalue weighted by atomic mass is 32.1. The number of primary amides is 1. The van der Waals surface area contributed by atoms with Gasteiger partial charge in [0.15, 0.2) is 0 Å². The lowest BCUT2D eigenvalue weighted by atomic mass is 9.96. The Morgan fingerprint density at radius 2 is 1.77 bits per heavy atom. The number of fused-ring (bicyclic) bond motifs is 1. The zero-order valence-electron chi connectivity index (χ0n) is 12.1. The van der Waals surface area contributed by atoms with Crippen LogP contribution in [0.15, 0.2) is 12.2 Å². The molecule has 0 saturated carbocycles. The van der Waals surface area contributed by atoms with E-state index in [2.05, 4.69) is 5.32 Å². The van der Waals surface area contributed by atoms with Crippen LogP contribution in [0, 0.1) is 0 Å². The molecule has 2 rings (SSSR count). The third-order valence-electron chi connectivity index (χ3n) is 3.53. The van der Waals surface area contributed by atoms with Crippen LogP contribution in [-0.4, -0.2) is 22.9 Å². The molecule has 0 saturated heterocycles. The van der Waals surface area contributed by atoms with E-state index in [0.29, 0.717) is 10.6 Å². The smallest absolute Gasteiger partial charge is 0.328 e. The average molecular weight is 322 g/mol. The van der Waals surface area contributed by atoms with Gasteiger partial charge in [-0.05, 0) is 31.2 Å². The first-order valence-corrected chi connectivity index (χ1v) is 7.97. The highest BCUT2D eigenvalue weighted by Gasteiger charge is 2.23. The van der Waals surface area contributed by atoms with Gasteiger partial charge in [-0.3, -0.25) is 9.59 Å². The van der Waals surface area contributed by atoms with E-state index in [-0.39, 0.29) is 0 Å². The minimum Gasteiger partial charge on any atom is -0.478 e. The second kappa shape index (κ2) is 7.22. The predicted octanol–water partition coefficient (Wildman–Crippen LogP) is 2.09. The Kier molecular flexibility index (Phi) is 5.32. The fourth-order valence-electron chi connectivity index (χ4n) is 2.57. The molecular weight excluding hydrogens is 304 g/mol. The van der Waals surface area contributed by atoms with Gasteiger partial charge in [-0.25, -0.2) is 4.79 Å². The van der Waals surface area contributed by atoms with Crippen molar-refractivity contribution in [1.82, 2.24) is 0 Å². The molecule has 2 amide bonds. The number of aryl methyl sites for hydroxylation is 1. The van der Waals surface area contributed by atoms with Crippen LogP contribution in [-0.2, 0) is 22.4 Å². The molecule has 118 valence electrons. The van der Waals surface area contributed by atoms with Gasteiger partial charge in [-0.2, -0.15) is 0 Å².